The van der Waals surface area contributed by atoms with Crippen LogP contribution in [0.2, 0.25) is 0 Å². The van der Waals surface area contributed by atoms with Crippen molar-refractivity contribution >= 4 is 33.3 Å². The number of aromatic nitrogens is 2. The van der Waals surface area contributed by atoms with E-state index < -0.39 is 22.8 Å². The maximum Gasteiger partial charge on any atom is 0.422 e. The van der Waals surface area contributed by atoms with E-state index in [9.17, 15) is 21.6 Å². The molecule has 0 radical (unpaired) electrons. The van der Waals surface area contributed by atoms with E-state index >= 15 is 0 Å². The predicted octanol–water partition coefficient (Wildman–Crippen LogP) is 5.76. The van der Waals surface area contributed by atoms with Gasteiger partial charge in [0.1, 0.15) is 0 Å². The van der Waals surface area contributed by atoms with Crippen LogP contribution in [0.3, 0.4) is 0 Å². The van der Waals surface area contributed by atoms with Crippen molar-refractivity contribution in [2.75, 3.05) is 17.9 Å². The lowest BCUT2D eigenvalue weighted by Gasteiger charge is -2.28. The van der Waals surface area contributed by atoms with Crippen LogP contribution in [0.5, 0.6) is 5.19 Å². The average Bonchev–Trinajstić information content (AvgIpc) is 3.43. The molecule has 2 aromatic heterocycles. The summed E-state index contributed by atoms with van der Waals surface area (Å²) in [5.41, 5.74) is 2.12. The van der Waals surface area contributed by atoms with Gasteiger partial charge >= 0.3 is 6.18 Å². The number of hydrogen-bond acceptors (Lipinski definition) is 8. The summed E-state index contributed by atoms with van der Waals surface area (Å²) < 4.78 is 76.5. The van der Waals surface area contributed by atoms with Crippen LogP contribution in [0.25, 0.3) is 6.08 Å². The van der Waals surface area contributed by atoms with Gasteiger partial charge < -0.3 is 9.26 Å². The van der Waals surface area contributed by atoms with Gasteiger partial charge in [0.25, 0.3) is 15.2 Å². The first-order chi connectivity index (χ1) is 17.7. The van der Waals surface area contributed by atoms with Gasteiger partial charge in [-0.1, -0.05) is 55.5 Å². The van der Waals surface area contributed by atoms with Crippen LogP contribution in [-0.4, -0.2) is 42.8 Å². The highest BCUT2D eigenvalue weighted by Crippen LogP contribution is 2.33. The molecular weight excluding hydrogens is 541 g/mol. The summed E-state index contributed by atoms with van der Waals surface area (Å²) in [5.74, 6) is 0.700. The molecule has 0 unspecified atom stereocenters. The Bertz CT molecular complexity index is 1420. The lowest BCUT2D eigenvalue weighted by atomic mass is 9.90. The maximum atomic E-state index is 13.3. The van der Waals surface area contributed by atoms with E-state index in [1.807, 2.05) is 33.8 Å². The van der Waals surface area contributed by atoms with E-state index in [0.717, 1.165) is 33.9 Å². The molecule has 0 amide bonds. The Morgan fingerprint density at radius 1 is 1.24 bits per heavy atom. The number of ether oxygens (including phenoxy) is 1. The summed E-state index contributed by atoms with van der Waals surface area (Å²) in [6, 6.07) is 5.03. The lowest BCUT2D eigenvalue weighted by molar-refractivity contribution is -0.153. The number of benzene rings is 1. The fourth-order valence-electron chi connectivity index (χ4n) is 4.11. The van der Waals surface area contributed by atoms with Crippen molar-refractivity contribution in [2.24, 2.45) is 0 Å². The normalized spacial score (nSPS) is 15.1. The Kier molecular flexibility index (Phi) is 7.91. The molecule has 3 aromatic rings. The smallest absolute Gasteiger partial charge is 0.422 e. The summed E-state index contributed by atoms with van der Waals surface area (Å²) >= 11 is 1.06. The molecule has 0 bridgehead atoms. The van der Waals surface area contributed by atoms with E-state index in [2.05, 4.69) is 19.8 Å². The number of thiazole rings is 1. The topological polar surface area (TPSA) is 97.6 Å². The molecule has 0 fully saturated rings. The minimum Gasteiger partial charge on any atom is -0.460 e. The number of nitrogens with zero attached hydrogens (tertiary/aromatic N) is 3. The number of anilines is 1. The van der Waals surface area contributed by atoms with Crippen LogP contribution in [0, 0.1) is 0 Å². The van der Waals surface area contributed by atoms with Gasteiger partial charge in [0, 0.05) is 36.1 Å². The number of hydrogen-bond donors (Lipinski definition) is 1. The van der Waals surface area contributed by atoms with E-state index in [1.165, 1.54) is 6.20 Å². The highest BCUT2D eigenvalue weighted by atomic mass is 32.2. The number of nitrogens with one attached hydrogen (secondary N) is 1. The van der Waals surface area contributed by atoms with Crippen molar-refractivity contribution in [1.82, 2.24) is 15.0 Å². The van der Waals surface area contributed by atoms with Gasteiger partial charge in [0.15, 0.2) is 18.2 Å². The molecule has 1 N–H and O–H groups in total. The van der Waals surface area contributed by atoms with Gasteiger partial charge in [-0.2, -0.15) is 13.2 Å². The number of sulfonamides is 1. The first-order valence-corrected chi connectivity index (χ1v) is 14.2. The molecule has 1 aromatic carbocycles. The first-order valence-electron chi connectivity index (χ1n) is 11.9. The van der Waals surface area contributed by atoms with E-state index in [4.69, 9.17) is 9.26 Å². The van der Waals surface area contributed by atoms with Gasteiger partial charge in [-0.3, -0.25) is 9.62 Å². The molecule has 8 nitrogen and oxygen atoms in total. The molecule has 206 valence electrons. The third-order valence-corrected chi connectivity index (χ3v) is 8.06. The second-order valence-corrected chi connectivity index (χ2v) is 12.8. The van der Waals surface area contributed by atoms with Crippen LogP contribution in [0.15, 0.2) is 39.9 Å². The third kappa shape index (κ3) is 6.75. The highest BCUT2D eigenvalue weighted by molar-refractivity contribution is 7.92. The SMILES string of the molecule is C/C=C/c1c(NS(=O)(=O)c2ccc3c(c2)CN(Cc2cnc(OCC(F)(F)F)s2)CC3)noc1C(C)(C)C. The lowest BCUT2D eigenvalue weighted by Crippen LogP contribution is -2.30. The second-order valence-electron chi connectivity index (χ2n) is 10.0. The van der Waals surface area contributed by atoms with Gasteiger partial charge in [0.05, 0.1) is 10.5 Å². The molecule has 0 saturated carbocycles. The summed E-state index contributed by atoms with van der Waals surface area (Å²) in [6.07, 6.45) is 1.35. The summed E-state index contributed by atoms with van der Waals surface area (Å²) in [4.78, 5) is 6.86. The molecule has 1 aliphatic rings. The second kappa shape index (κ2) is 10.7. The van der Waals surface area contributed by atoms with Crippen LogP contribution in [-0.2, 0) is 34.9 Å². The number of allylic oxidation sites excluding steroid dienone is 1. The van der Waals surface area contributed by atoms with Gasteiger partial charge in [-0.05, 0) is 36.6 Å². The van der Waals surface area contributed by atoms with E-state index in [1.54, 1.807) is 24.3 Å². The molecule has 38 heavy (non-hydrogen) atoms. The fraction of sp³-hybridized carbons (Fsp3) is 0.440. The molecule has 0 saturated heterocycles. The molecule has 13 heteroatoms. The van der Waals surface area contributed by atoms with Crippen molar-refractivity contribution < 1.29 is 30.8 Å². The van der Waals surface area contributed by atoms with Crippen LogP contribution in [0.4, 0.5) is 19.0 Å². The molecule has 1 aliphatic heterocycles. The van der Waals surface area contributed by atoms with Crippen molar-refractivity contribution in [3.63, 3.8) is 0 Å². The number of halogens is 3. The van der Waals surface area contributed by atoms with Gasteiger partial charge in [0.2, 0.25) is 0 Å². The molecule has 0 aliphatic carbocycles. The minimum atomic E-state index is -4.42. The van der Waals surface area contributed by atoms with Crippen molar-refractivity contribution in [3.8, 4) is 5.19 Å². The predicted molar refractivity (Wildman–Crippen MR) is 139 cm³/mol. The van der Waals surface area contributed by atoms with Crippen molar-refractivity contribution in [3.05, 3.63) is 57.8 Å². The molecule has 0 spiro atoms. The largest absolute Gasteiger partial charge is 0.460 e. The monoisotopic (exact) mass is 570 g/mol. The van der Waals surface area contributed by atoms with Crippen molar-refractivity contribution in [1.29, 1.82) is 0 Å². The van der Waals surface area contributed by atoms with E-state index in [0.29, 0.717) is 30.8 Å². The molecule has 4 rings (SSSR count). The van der Waals surface area contributed by atoms with E-state index in [-0.39, 0.29) is 21.3 Å². The third-order valence-electron chi connectivity index (χ3n) is 5.82. The Balaban J connectivity index is 1.48. The Morgan fingerprint density at radius 3 is 2.68 bits per heavy atom. The zero-order chi connectivity index (χ0) is 27.7. The summed E-state index contributed by atoms with van der Waals surface area (Å²) in [5, 5.41) is 3.95. The summed E-state index contributed by atoms with van der Waals surface area (Å²) in [7, 11) is -3.95. The van der Waals surface area contributed by atoms with Gasteiger partial charge in [-0.15, -0.1) is 0 Å². The number of alkyl halides is 3. The maximum absolute atomic E-state index is 13.3. The minimum absolute atomic E-state index is 0.0334. The number of rotatable bonds is 8. The number of fused-ring (bicyclic) bond motifs is 1. The van der Waals surface area contributed by atoms with Crippen LogP contribution < -0.4 is 9.46 Å². The Labute approximate surface area is 223 Å². The zero-order valence-electron chi connectivity index (χ0n) is 21.4. The first kappa shape index (κ1) is 28.1. The van der Waals surface area contributed by atoms with Crippen LogP contribution in [0.1, 0.15) is 55.0 Å². The van der Waals surface area contributed by atoms with Gasteiger partial charge in [-0.25, -0.2) is 13.4 Å². The molecular formula is C25H29F3N4O4S2. The highest BCUT2D eigenvalue weighted by Gasteiger charge is 2.30. The van der Waals surface area contributed by atoms with Crippen molar-refractivity contribution in [2.45, 2.75) is 63.7 Å². The average molecular weight is 571 g/mol. The quantitative estimate of drug-likeness (QED) is 0.368. The van der Waals surface area contributed by atoms with Crippen LogP contribution >= 0.6 is 11.3 Å². The Hall–Kier alpha value is -2.90. The molecule has 0 atom stereocenters. The Morgan fingerprint density at radius 2 is 2.00 bits per heavy atom. The zero-order valence-corrected chi connectivity index (χ0v) is 23.1. The molecule has 3 heterocycles. The standard InChI is InChI=1S/C25H29F3N4O4S2/c1-5-6-20-21(24(2,3)4)36-30-22(20)31-38(33,34)19-8-7-16-9-10-32(13-17(16)11-19)14-18-12-29-23(37-18)35-15-25(26,27)28/h5-8,11-12H,9-10,13-15H2,1-4H3,(H,30,31)/b6-5+. The summed E-state index contributed by atoms with van der Waals surface area (Å²) in [6.45, 7) is 7.97. The fourth-order valence-corrected chi connectivity index (χ4v) is 5.97.